The average Bonchev–Trinajstić information content (AvgIpc) is 2.43. The van der Waals surface area contributed by atoms with Crippen molar-refractivity contribution in [3.8, 4) is 6.07 Å². The van der Waals surface area contributed by atoms with Crippen molar-refractivity contribution in [1.29, 1.82) is 5.26 Å². The van der Waals surface area contributed by atoms with Crippen LogP contribution in [0.15, 0.2) is 0 Å². The molecule has 3 nitrogen and oxygen atoms in total. The van der Waals surface area contributed by atoms with E-state index in [0.29, 0.717) is 13.2 Å². The van der Waals surface area contributed by atoms with Crippen molar-refractivity contribution in [2.45, 2.75) is 52.4 Å². The van der Waals surface area contributed by atoms with Gasteiger partial charge >= 0.3 is 0 Å². The lowest BCUT2D eigenvalue weighted by molar-refractivity contribution is 0.0621. The molecule has 1 fully saturated rings. The third kappa shape index (κ3) is 5.50. The highest BCUT2D eigenvalue weighted by molar-refractivity contribution is 5.01. The molecule has 0 aromatic rings. The van der Waals surface area contributed by atoms with E-state index in [4.69, 9.17) is 9.47 Å². The van der Waals surface area contributed by atoms with Gasteiger partial charge in [0.1, 0.15) is 0 Å². The number of rotatable bonds is 8. The zero-order valence-electron chi connectivity index (χ0n) is 12.8. The van der Waals surface area contributed by atoms with Crippen LogP contribution in [0.2, 0.25) is 0 Å². The van der Waals surface area contributed by atoms with Gasteiger partial charge in [0, 0.05) is 13.7 Å². The van der Waals surface area contributed by atoms with Gasteiger partial charge in [-0.15, -0.1) is 0 Å². The largest absolute Gasteiger partial charge is 0.382 e. The zero-order valence-corrected chi connectivity index (χ0v) is 12.8. The molecule has 0 saturated heterocycles. The fourth-order valence-corrected chi connectivity index (χ4v) is 3.03. The van der Waals surface area contributed by atoms with Crippen LogP contribution in [0.1, 0.15) is 52.4 Å². The monoisotopic (exact) mass is 267 g/mol. The van der Waals surface area contributed by atoms with Crippen molar-refractivity contribution < 1.29 is 9.47 Å². The molecule has 0 spiro atoms. The molecule has 0 aromatic carbocycles. The summed E-state index contributed by atoms with van der Waals surface area (Å²) in [5.41, 5.74) is -0.0734. The van der Waals surface area contributed by atoms with Gasteiger partial charge in [-0.25, -0.2) is 0 Å². The van der Waals surface area contributed by atoms with Crippen LogP contribution in [0, 0.1) is 28.6 Å². The van der Waals surface area contributed by atoms with Crippen LogP contribution < -0.4 is 0 Å². The van der Waals surface area contributed by atoms with Gasteiger partial charge in [-0.05, 0) is 50.4 Å². The SMILES string of the molecule is COCCOCCCC1(C#N)CCC(C(C)C)CC1. The van der Waals surface area contributed by atoms with Gasteiger partial charge in [-0.1, -0.05) is 13.8 Å². The molecule has 0 aliphatic heterocycles. The van der Waals surface area contributed by atoms with Gasteiger partial charge in [0.2, 0.25) is 0 Å². The molecule has 0 radical (unpaired) electrons. The lowest BCUT2D eigenvalue weighted by Gasteiger charge is -2.36. The highest BCUT2D eigenvalue weighted by Crippen LogP contribution is 2.43. The maximum absolute atomic E-state index is 9.50. The summed E-state index contributed by atoms with van der Waals surface area (Å²) in [7, 11) is 1.68. The smallest absolute Gasteiger partial charge is 0.0700 e. The summed E-state index contributed by atoms with van der Waals surface area (Å²) in [5.74, 6) is 1.58. The minimum Gasteiger partial charge on any atom is -0.382 e. The number of nitrogens with zero attached hydrogens (tertiary/aromatic N) is 1. The summed E-state index contributed by atoms with van der Waals surface area (Å²) >= 11 is 0. The van der Waals surface area contributed by atoms with Crippen LogP contribution in [0.5, 0.6) is 0 Å². The Morgan fingerprint density at radius 3 is 2.42 bits per heavy atom. The molecule has 3 heteroatoms. The molecule has 1 aliphatic rings. The molecule has 0 bridgehead atoms. The Balaban J connectivity index is 2.24. The summed E-state index contributed by atoms with van der Waals surface area (Å²) in [5, 5.41) is 9.50. The molecule has 1 saturated carbocycles. The first-order chi connectivity index (χ1) is 9.13. The van der Waals surface area contributed by atoms with Crippen LogP contribution >= 0.6 is 0 Å². The predicted molar refractivity (Wildman–Crippen MR) is 76.8 cm³/mol. The van der Waals surface area contributed by atoms with Gasteiger partial charge < -0.3 is 9.47 Å². The Kier molecular flexibility index (Phi) is 7.41. The van der Waals surface area contributed by atoms with E-state index in [0.717, 1.165) is 44.1 Å². The summed E-state index contributed by atoms with van der Waals surface area (Å²) < 4.78 is 10.4. The number of hydrogen-bond acceptors (Lipinski definition) is 3. The van der Waals surface area contributed by atoms with E-state index < -0.39 is 0 Å². The lowest BCUT2D eigenvalue weighted by atomic mass is 9.67. The van der Waals surface area contributed by atoms with E-state index in [-0.39, 0.29) is 5.41 Å². The van der Waals surface area contributed by atoms with E-state index in [9.17, 15) is 5.26 Å². The third-order valence-corrected chi connectivity index (χ3v) is 4.54. The van der Waals surface area contributed by atoms with Crippen molar-refractivity contribution in [2.75, 3.05) is 26.9 Å². The first-order valence-corrected chi connectivity index (χ1v) is 7.61. The molecule has 0 atom stereocenters. The predicted octanol–water partition coefficient (Wildman–Crippen LogP) is 3.79. The topological polar surface area (TPSA) is 42.2 Å². The minimum atomic E-state index is -0.0734. The number of methoxy groups -OCH3 is 1. The highest BCUT2D eigenvalue weighted by atomic mass is 16.5. The van der Waals surface area contributed by atoms with Gasteiger partial charge in [0.05, 0.1) is 24.7 Å². The van der Waals surface area contributed by atoms with Crippen molar-refractivity contribution >= 4 is 0 Å². The van der Waals surface area contributed by atoms with Crippen molar-refractivity contribution in [2.24, 2.45) is 17.3 Å². The number of nitriles is 1. The van der Waals surface area contributed by atoms with Crippen LogP contribution in [0.4, 0.5) is 0 Å². The van der Waals surface area contributed by atoms with E-state index >= 15 is 0 Å². The summed E-state index contributed by atoms with van der Waals surface area (Å²) in [6.45, 7) is 6.66. The van der Waals surface area contributed by atoms with Gasteiger partial charge in [0.15, 0.2) is 0 Å². The lowest BCUT2D eigenvalue weighted by Crippen LogP contribution is -2.28. The van der Waals surface area contributed by atoms with Gasteiger partial charge in [-0.3, -0.25) is 0 Å². The first-order valence-electron chi connectivity index (χ1n) is 7.61. The van der Waals surface area contributed by atoms with E-state index in [1.807, 2.05) is 0 Å². The Hall–Kier alpha value is -0.590. The standard InChI is InChI=1S/C16H29NO2/c1-14(2)15-5-8-16(13-17,9-6-15)7-4-10-19-12-11-18-3/h14-15H,4-12H2,1-3H3. The van der Waals surface area contributed by atoms with E-state index in [1.54, 1.807) is 7.11 Å². The second kappa shape index (κ2) is 8.55. The molecule has 0 heterocycles. The van der Waals surface area contributed by atoms with Crippen LogP contribution in [-0.2, 0) is 9.47 Å². The molecular formula is C16H29NO2. The van der Waals surface area contributed by atoms with Gasteiger partial charge in [0.25, 0.3) is 0 Å². The van der Waals surface area contributed by atoms with Crippen LogP contribution in [0.3, 0.4) is 0 Å². The Bertz CT molecular complexity index is 275. The fourth-order valence-electron chi connectivity index (χ4n) is 3.03. The average molecular weight is 267 g/mol. The molecule has 19 heavy (non-hydrogen) atoms. The van der Waals surface area contributed by atoms with Gasteiger partial charge in [-0.2, -0.15) is 5.26 Å². The molecular weight excluding hydrogens is 238 g/mol. The highest BCUT2D eigenvalue weighted by Gasteiger charge is 2.35. The first kappa shape index (κ1) is 16.5. The maximum atomic E-state index is 9.50. The second-order valence-corrected chi connectivity index (χ2v) is 6.18. The molecule has 0 amide bonds. The summed E-state index contributed by atoms with van der Waals surface area (Å²) in [6, 6.07) is 2.60. The Morgan fingerprint density at radius 1 is 1.21 bits per heavy atom. The Morgan fingerprint density at radius 2 is 1.89 bits per heavy atom. The Labute approximate surface area is 118 Å². The summed E-state index contributed by atoms with van der Waals surface area (Å²) in [4.78, 5) is 0. The number of hydrogen-bond donors (Lipinski definition) is 0. The minimum absolute atomic E-state index is 0.0734. The molecule has 0 unspecified atom stereocenters. The third-order valence-electron chi connectivity index (χ3n) is 4.54. The van der Waals surface area contributed by atoms with Crippen molar-refractivity contribution in [3.05, 3.63) is 0 Å². The fraction of sp³-hybridized carbons (Fsp3) is 0.938. The van der Waals surface area contributed by atoms with E-state index in [1.165, 1.54) is 12.8 Å². The molecule has 0 N–H and O–H groups in total. The molecule has 0 aromatic heterocycles. The van der Waals surface area contributed by atoms with Crippen LogP contribution in [-0.4, -0.2) is 26.9 Å². The number of ether oxygens (including phenoxy) is 2. The molecule has 1 rings (SSSR count). The summed E-state index contributed by atoms with van der Waals surface area (Å²) in [6.07, 6.45) is 6.56. The second-order valence-electron chi connectivity index (χ2n) is 6.18. The molecule has 110 valence electrons. The maximum Gasteiger partial charge on any atom is 0.0700 e. The van der Waals surface area contributed by atoms with E-state index in [2.05, 4.69) is 19.9 Å². The van der Waals surface area contributed by atoms with Crippen molar-refractivity contribution in [1.82, 2.24) is 0 Å². The quantitative estimate of drug-likeness (QED) is 0.628. The zero-order chi connectivity index (χ0) is 14.1. The van der Waals surface area contributed by atoms with Crippen molar-refractivity contribution in [3.63, 3.8) is 0 Å². The molecule has 1 aliphatic carbocycles. The van der Waals surface area contributed by atoms with Crippen LogP contribution in [0.25, 0.3) is 0 Å². The normalized spacial score (nSPS) is 27.4.